The summed E-state index contributed by atoms with van der Waals surface area (Å²) in [6.45, 7) is 1.88. The van der Waals surface area contributed by atoms with Gasteiger partial charge < -0.3 is 5.73 Å². The predicted octanol–water partition coefficient (Wildman–Crippen LogP) is 2.27. The van der Waals surface area contributed by atoms with Gasteiger partial charge in [-0.2, -0.15) is 0 Å². The maximum absolute atomic E-state index is 7.41. The Labute approximate surface area is 113 Å². The average Bonchev–Trinajstić information content (AvgIpc) is 2.31. The van der Waals surface area contributed by atoms with Gasteiger partial charge in [-0.05, 0) is 30.8 Å². The van der Waals surface area contributed by atoms with E-state index >= 15 is 0 Å². The molecule has 5 nitrogen and oxygen atoms in total. The molecule has 92 valence electrons. The summed E-state index contributed by atoms with van der Waals surface area (Å²) in [7, 11) is 0. The lowest BCUT2D eigenvalue weighted by molar-refractivity contribution is 0.927. The van der Waals surface area contributed by atoms with Crippen molar-refractivity contribution in [2.24, 2.45) is 5.73 Å². The first-order valence-electron chi connectivity index (χ1n) is 5.04. The molecule has 2 aromatic rings. The minimum Gasteiger partial charge on any atom is -0.384 e. The van der Waals surface area contributed by atoms with Crippen LogP contribution in [0, 0.1) is 12.3 Å². The third kappa shape index (κ3) is 2.77. The van der Waals surface area contributed by atoms with E-state index in [2.05, 4.69) is 15.0 Å². The van der Waals surface area contributed by atoms with Crippen LogP contribution in [0.2, 0.25) is 5.02 Å². The van der Waals surface area contributed by atoms with Gasteiger partial charge in [0.2, 0.25) is 0 Å². The van der Waals surface area contributed by atoms with Crippen molar-refractivity contribution < 1.29 is 0 Å². The third-order valence-electron chi connectivity index (χ3n) is 2.11. The first kappa shape index (κ1) is 12.8. The van der Waals surface area contributed by atoms with Crippen molar-refractivity contribution in [3.05, 3.63) is 40.8 Å². The number of nitrogen functional groups attached to an aromatic ring is 1. The van der Waals surface area contributed by atoms with Crippen LogP contribution in [0.15, 0.2) is 34.7 Å². The summed E-state index contributed by atoms with van der Waals surface area (Å²) >= 11 is 7.38. The van der Waals surface area contributed by atoms with Crippen LogP contribution in [0.25, 0.3) is 0 Å². The zero-order chi connectivity index (χ0) is 13.1. The molecule has 2 heterocycles. The van der Waals surface area contributed by atoms with Crippen LogP contribution >= 0.6 is 23.4 Å². The molecular weight excluding hydrogens is 270 g/mol. The number of halogens is 1. The Kier molecular flexibility index (Phi) is 3.78. The Morgan fingerprint density at radius 3 is 2.72 bits per heavy atom. The van der Waals surface area contributed by atoms with Gasteiger partial charge in [0.05, 0.1) is 5.02 Å². The number of nitrogens with two attached hydrogens (primary N) is 1. The second-order valence-electron chi connectivity index (χ2n) is 3.47. The van der Waals surface area contributed by atoms with Crippen LogP contribution in [0.4, 0.5) is 0 Å². The fraction of sp³-hybridized carbons (Fsp3) is 0.0909. The summed E-state index contributed by atoms with van der Waals surface area (Å²) in [5.41, 5.74) is 6.76. The molecule has 0 fully saturated rings. The average molecular weight is 280 g/mol. The maximum Gasteiger partial charge on any atom is 0.194 e. The van der Waals surface area contributed by atoms with Crippen LogP contribution in [0.1, 0.15) is 11.3 Å². The van der Waals surface area contributed by atoms with Gasteiger partial charge in [-0.3, -0.25) is 5.41 Å². The maximum atomic E-state index is 7.41. The Balaban J connectivity index is 2.35. The number of hydrogen-bond donors (Lipinski definition) is 2. The van der Waals surface area contributed by atoms with Crippen molar-refractivity contribution >= 4 is 29.2 Å². The monoisotopic (exact) mass is 279 g/mol. The lowest BCUT2D eigenvalue weighted by atomic mass is 10.2. The van der Waals surface area contributed by atoms with Gasteiger partial charge in [0.15, 0.2) is 5.16 Å². The van der Waals surface area contributed by atoms with E-state index in [0.717, 1.165) is 5.69 Å². The van der Waals surface area contributed by atoms with Crippen LogP contribution in [0.5, 0.6) is 0 Å². The molecule has 0 radical (unpaired) electrons. The first-order chi connectivity index (χ1) is 8.58. The fourth-order valence-electron chi connectivity index (χ4n) is 1.27. The van der Waals surface area contributed by atoms with Crippen molar-refractivity contribution in [2.75, 3.05) is 0 Å². The highest BCUT2D eigenvalue weighted by Crippen LogP contribution is 2.31. The minimum absolute atomic E-state index is 0.0885. The molecule has 0 unspecified atom stereocenters. The number of nitrogens with one attached hydrogen (secondary N) is 1. The number of amidine groups is 1. The van der Waals surface area contributed by atoms with E-state index < -0.39 is 0 Å². The molecule has 18 heavy (non-hydrogen) atoms. The summed E-state index contributed by atoms with van der Waals surface area (Å²) < 4.78 is 0. The molecule has 0 amide bonds. The van der Waals surface area contributed by atoms with Gasteiger partial charge in [-0.1, -0.05) is 11.6 Å². The number of hydrogen-bond acceptors (Lipinski definition) is 5. The molecular formula is C11H10ClN5S. The molecule has 0 aliphatic heterocycles. The van der Waals surface area contributed by atoms with Gasteiger partial charge in [-0.25, -0.2) is 15.0 Å². The SMILES string of the molecule is Cc1ccnc(Sc2nccc(C(=N)N)c2Cl)n1. The lowest BCUT2D eigenvalue weighted by Gasteiger charge is -2.06. The van der Waals surface area contributed by atoms with E-state index in [-0.39, 0.29) is 5.84 Å². The van der Waals surface area contributed by atoms with E-state index in [0.29, 0.717) is 20.8 Å². The quantitative estimate of drug-likeness (QED) is 0.511. The predicted molar refractivity (Wildman–Crippen MR) is 71.2 cm³/mol. The number of aryl methyl sites for hydroxylation is 1. The minimum atomic E-state index is -0.0885. The van der Waals surface area contributed by atoms with Gasteiger partial charge in [0, 0.05) is 23.7 Å². The molecule has 0 aromatic carbocycles. The molecule has 0 saturated carbocycles. The summed E-state index contributed by atoms with van der Waals surface area (Å²) in [5.74, 6) is -0.0885. The summed E-state index contributed by atoms with van der Waals surface area (Å²) in [5, 5.41) is 8.86. The number of aromatic nitrogens is 3. The number of nitrogens with zero attached hydrogens (tertiary/aromatic N) is 3. The van der Waals surface area contributed by atoms with Crippen molar-refractivity contribution in [2.45, 2.75) is 17.1 Å². The van der Waals surface area contributed by atoms with Crippen LogP contribution in [0.3, 0.4) is 0 Å². The highest BCUT2D eigenvalue weighted by molar-refractivity contribution is 7.99. The van der Waals surface area contributed by atoms with E-state index in [1.165, 1.54) is 11.8 Å². The molecule has 3 N–H and O–H groups in total. The van der Waals surface area contributed by atoms with E-state index in [9.17, 15) is 0 Å². The van der Waals surface area contributed by atoms with Gasteiger partial charge in [0.25, 0.3) is 0 Å². The Hall–Kier alpha value is -1.66. The van der Waals surface area contributed by atoms with E-state index in [1.54, 1.807) is 18.5 Å². The molecule has 2 aromatic heterocycles. The van der Waals surface area contributed by atoms with Crippen molar-refractivity contribution in [1.29, 1.82) is 5.41 Å². The molecule has 0 spiro atoms. The van der Waals surface area contributed by atoms with Crippen LogP contribution in [-0.4, -0.2) is 20.8 Å². The molecule has 0 aliphatic carbocycles. The zero-order valence-corrected chi connectivity index (χ0v) is 11.1. The zero-order valence-electron chi connectivity index (χ0n) is 9.51. The smallest absolute Gasteiger partial charge is 0.194 e. The second kappa shape index (κ2) is 5.32. The topological polar surface area (TPSA) is 88.5 Å². The van der Waals surface area contributed by atoms with Gasteiger partial charge in [-0.15, -0.1) is 0 Å². The Morgan fingerprint density at radius 2 is 2.06 bits per heavy atom. The van der Waals surface area contributed by atoms with Crippen molar-refractivity contribution in [3.8, 4) is 0 Å². The number of rotatable bonds is 3. The van der Waals surface area contributed by atoms with Gasteiger partial charge >= 0.3 is 0 Å². The Morgan fingerprint density at radius 1 is 1.33 bits per heavy atom. The fourth-order valence-corrected chi connectivity index (χ4v) is 2.38. The van der Waals surface area contributed by atoms with Crippen LogP contribution in [-0.2, 0) is 0 Å². The first-order valence-corrected chi connectivity index (χ1v) is 6.24. The highest BCUT2D eigenvalue weighted by atomic mass is 35.5. The normalized spacial score (nSPS) is 10.3. The molecule has 2 rings (SSSR count). The number of pyridine rings is 1. The summed E-state index contributed by atoms with van der Waals surface area (Å²) in [4.78, 5) is 12.5. The summed E-state index contributed by atoms with van der Waals surface area (Å²) in [6, 6.07) is 3.41. The molecule has 7 heteroatoms. The largest absolute Gasteiger partial charge is 0.384 e. The van der Waals surface area contributed by atoms with Crippen LogP contribution < -0.4 is 5.73 Å². The standard InChI is InChI=1S/C11H10ClN5S/c1-6-2-4-16-11(17-6)18-10-8(12)7(9(13)14)3-5-15-10/h2-5H,1H3,(H3,13,14). The lowest BCUT2D eigenvalue weighted by Crippen LogP contribution is -2.12. The van der Waals surface area contributed by atoms with Gasteiger partial charge in [0.1, 0.15) is 10.9 Å². The highest BCUT2D eigenvalue weighted by Gasteiger charge is 2.12. The molecule has 0 atom stereocenters. The second-order valence-corrected chi connectivity index (χ2v) is 4.81. The molecule has 0 aliphatic rings. The van der Waals surface area contributed by atoms with Crippen molar-refractivity contribution in [1.82, 2.24) is 15.0 Å². The molecule has 0 bridgehead atoms. The third-order valence-corrected chi connectivity index (χ3v) is 3.48. The van der Waals surface area contributed by atoms with Crippen molar-refractivity contribution in [3.63, 3.8) is 0 Å². The van der Waals surface area contributed by atoms with E-state index in [4.69, 9.17) is 22.7 Å². The van der Waals surface area contributed by atoms with E-state index in [1.807, 2.05) is 13.0 Å². The summed E-state index contributed by atoms with van der Waals surface area (Å²) in [6.07, 6.45) is 3.23. The molecule has 0 saturated heterocycles. The Bertz CT molecular complexity index is 602.